The van der Waals surface area contributed by atoms with E-state index >= 15 is 0 Å². The number of aromatic nitrogens is 4. The quantitative estimate of drug-likeness (QED) is 0.401. The highest BCUT2D eigenvalue weighted by Crippen LogP contribution is 2.27. The monoisotopic (exact) mass is 394 g/mol. The number of hydrogen-bond acceptors (Lipinski definition) is 3. The Morgan fingerprint density at radius 1 is 0.933 bits per heavy atom. The maximum atomic E-state index is 6.29. The van der Waals surface area contributed by atoms with Crippen LogP contribution in [-0.4, -0.2) is 19.3 Å². The molecule has 0 aliphatic rings. The highest BCUT2D eigenvalue weighted by Gasteiger charge is 2.16. The minimum Gasteiger partial charge on any atom is -0.407 e. The Kier molecular flexibility index (Phi) is 4.77. The molecular weight excluding hydrogens is 372 g/mol. The molecule has 0 spiro atoms. The summed E-state index contributed by atoms with van der Waals surface area (Å²) in [5.74, 6) is 0.800. The first-order valence-electron chi connectivity index (χ1n) is 10.0. The molecule has 0 fully saturated rings. The van der Waals surface area contributed by atoms with Crippen LogP contribution >= 0.6 is 0 Å². The van der Waals surface area contributed by atoms with Crippen LogP contribution in [-0.2, 0) is 6.61 Å². The standard InChI is InChI=1S/C25H22N4O/c1-19(28-15-14-26-18-28)22-12-13-23-24(16-22)29(30-17-20-8-4-2-5-9-20)25(27-23)21-10-6-3-7-11-21/h2-16,18-19H,17H2,1H3. The molecule has 3 aromatic carbocycles. The van der Waals surface area contributed by atoms with Crippen molar-refractivity contribution in [3.8, 4) is 11.4 Å². The smallest absolute Gasteiger partial charge is 0.176 e. The average molecular weight is 394 g/mol. The zero-order valence-electron chi connectivity index (χ0n) is 16.7. The maximum Gasteiger partial charge on any atom is 0.176 e. The second-order valence-corrected chi connectivity index (χ2v) is 7.29. The predicted octanol–water partition coefficient (Wildman–Crippen LogP) is 5.14. The molecule has 5 heteroatoms. The number of rotatable bonds is 6. The van der Waals surface area contributed by atoms with Gasteiger partial charge in [-0.2, -0.15) is 4.73 Å². The molecule has 5 aromatic rings. The van der Waals surface area contributed by atoms with Crippen molar-refractivity contribution >= 4 is 11.0 Å². The van der Waals surface area contributed by atoms with Crippen LogP contribution in [0.3, 0.4) is 0 Å². The van der Waals surface area contributed by atoms with Crippen LogP contribution in [0.4, 0.5) is 0 Å². The summed E-state index contributed by atoms with van der Waals surface area (Å²) >= 11 is 0. The lowest BCUT2D eigenvalue weighted by Crippen LogP contribution is -2.13. The van der Waals surface area contributed by atoms with E-state index in [-0.39, 0.29) is 6.04 Å². The van der Waals surface area contributed by atoms with E-state index in [1.54, 1.807) is 6.20 Å². The summed E-state index contributed by atoms with van der Waals surface area (Å²) in [4.78, 5) is 15.3. The average Bonchev–Trinajstić information content (AvgIpc) is 3.46. The largest absolute Gasteiger partial charge is 0.407 e. The summed E-state index contributed by atoms with van der Waals surface area (Å²) in [6.45, 7) is 2.62. The first-order valence-corrected chi connectivity index (χ1v) is 10.0. The van der Waals surface area contributed by atoms with Crippen molar-refractivity contribution < 1.29 is 4.84 Å². The van der Waals surface area contributed by atoms with Crippen molar-refractivity contribution in [2.45, 2.75) is 19.6 Å². The summed E-state index contributed by atoms with van der Waals surface area (Å²) in [5, 5.41) is 0. The van der Waals surface area contributed by atoms with Gasteiger partial charge in [0.2, 0.25) is 0 Å². The first kappa shape index (κ1) is 18.2. The van der Waals surface area contributed by atoms with Gasteiger partial charge >= 0.3 is 0 Å². The molecule has 1 atom stereocenters. The van der Waals surface area contributed by atoms with Crippen molar-refractivity contribution in [3.05, 3.63) is 109 Å². The molecule has 0 aliphatic heterocycles. The van der Waals surface area contributed by atoms with Crippen LogP contribution in [0, 0.1) is 0 Å². The van der Waals surface area contributed by atoms with Crippen molar-refractivity contribution in [2.75, 3.05) is 0 Å². The summed E-state index contributed by atoms with van der Waals surface area (Å²) in [6.07, 6.45) is 5.62. The normalized spacial score (nSPS) is 12.2. The zero-order valence-corrected chi connectivity index (χ0v) is 16.7. The second-order valence-electron chi connectivity index (χ2n) is 7.29. The minimum atomic E-state index is 0.162. The van der Waals surface area contributed by atoms with E-state index in [0.717, 1.165) is 28.0 Å². The summed E-state index contributed by atoms with van der Waals surface area (Å²) in [7, 11) is 0. The van der Waals surface area contributed by atoms with Crippen LogP contribution in [0.15, 0.2) is 97.6 Å². The van der Waals surface area contributed by atoms with Gasteiger partial charge in [0.25, 0.3) is 0 Å². The molecule has 2 aromatic heterocycles. The molecule has 148 valence electrons. The fourth-order valence-corrected chi connectivity index (χ4v) is 3.61. The van der Waals surface area contributed by atoms with Crippen molar-refractivity contribution in [2.24, 2.45) is 0 Å². The lowest BCUT2D eigenvalue weighted by molar-refractivity contribution is 0.110. The number of benzene rings is 3. The fourth-order valence-electron chi connectivity index (χ4n) is 3.61. The molecule has 5 rings (SSSR count). The zero-order chi connectivity index (χ0) is 20.3. The van der Waals surface area contributed by atoms with E-state index in [1.165, 1.54) is 5.56 Å². The molecule has 0 aliphatic carbocycles. The Morgan fingerprint density at radius 3 is 2.43 bits per heavy atom. The lowest BCUT2D eigenvalue weighted by Gasteiger charge is -2.15. The highest BCUT2D eigenvalue weighted by molar-refractivity contribution is 5.81. The summed E-state index contributed by atoms with van der Waals surface area (Å²) in [6, 6.07) is 26.8. The van der Waals surface area contributed by atoms with Crippen LogP contribution in [0.25, 0.3) is 22.4 Å². The van der Waals surface area contributed by atoms with Gasteiger partial charge in [-0.25, -0.2) is 9.97 Å². The molecule has 5 nitrogen and oxygen atoms in total. The number of nitrogens with zero attached hydrogens (tertiary/aromatic N) is 4. The third-order valence-electron chi connectivity index (χ3n) is 5.33. The van der Waals surface area contributed by atoms with Gasteiger partial charge < -0.3 is 9.40 Å². The SMILES string of the molecule is CC(c1ccc2nc(-c3ccccc3)n(OCc3ccccc3)c2c1)n1ccnc1. The van der Waals surface area contributed by atoms with Crippen molar-refractivity contribution in [1.82, 2.24) is 19.3 Å². The van der Waals surface area contributed by atoms with Crippen LogP contribution < -0.4 is 4.84 Å². The number of hydrogen-bond donors (Lipinski definition) is 0. The van der Waals surface area contributed by atoms with Crippen molar-refractivity contribution in [1.29, 1.82) is 0 Å². The van der Waals surface area contributed by atoms with E-state index in [1.807, 2.05) is 53.7 Å². The molecule has 1 unspecified atom stereocenters. The van der Waals surface area contributed by atoms with Gasteiger partial charge in [0, 0.05) is 18.0 Å². The Labute approximate surface area is 175 Å². The maximum absolute atomic E-state index is 6.29. The van der Waals surface area contributed by atoms with Crippen LogP contribution in [0.5, 0.6) is 0 Å². The molecular formula is C25H22N4O. The minimum absolute atomic E-state index is 0.162. The van der Waals surface area contributed by atoms with E-state index in [9.17, 15) is 0 Å². The molecule has 0 radical (unpaired) electrons. The van der Waals surface area contributed by atoms with Gasteiger partial charge in [0.05, 0.1) is 17.9 Å². The third kappa shape index (κ3) is 3.46. The van der Waals surface area contributed by atoms with Crippen LogP contribution in [0.1, 0.15) is 24.1 Å². The second kappa shape index (κ2) is 7.87. The molecule has 30 heavy (non-hydrogen) atoms. The first-order chi connectivity index (χ1) is 14.8. The van der Waals surface area contributed by atoms with Crippen molar-refractivity contribution in [3.63, 3.8) is 0 Å². The fraction of sp³-hybridized carbons (Fsp3) is 0.120. The molecule has 0 N–H and O–H groups in total. The summed E-state index contributed by atoms with van der Waals surface area (Å²) < 4.78 is 3.95. The highest BCUT2D eigenvalue weighted by atomic mass is 16.7. The van der Waals surface area contributed by atoms with Gasteiger partial charge in [0.1, 0.15) is 12.1 Å². The number of imidazole rings is 2. The Morgan fingerprint density at radius 2 is 1.70 bits per heavy atom. The molecule has 0 bridgehead atoms. The van der Waals surface area contributed by atoms with Gasteiger partial charge in [-0.05, 0) is 30.2 Å². The lowest BCUT2D eigenvalue weighted by atomic mass is 10.1. The Balaban J connectivity index is 1.59. The van der Waals surface area contributed by atoms with Gasteiger partial charge in [-0.15, -0.1) is 0 Å². The predicted molar refractivity (Wildman–Crippen MR) is 118 cm³/mol. The van der Waals surface area contributed by atoms with Gasteiger partial charge in [0.15, 0.2) is 5.82 Å². The molecule has 2 heterocycles. The van der Waals surface area contributed by atoms with E-state index in [4.69, 9.17) is 9.82 Å². The molecule has 0 amide bonds. The summed E-state index contributed by atoms with van der Waals surface area (Å²) in [5.41, 5.74) is 5.16. The topological polar surface area (TPSA) is 44.9 Å². The number of fused-ring (bicyclic) bond motifs is 1. The molecule has 0 saturated heterocycles. The van der Waals surface area contributed by atoms with Gasteiger partial charge in [-0.1, -0.05) is 66.7 Å². The van der Waals surface area contributed by atoms with Gasteiger partial charge in [-0.3, -0.25) is 0 Å². The Bertz CT molecular complexity index is 1240. The van der Waals surface area contributed by atoms with E-state index < -0.39 is 0 Å². The van der Waals surface area contributed by atoms with E-state index in [2.05, 4.69) is 58.9 Å². The molecule has 0 saturated carbocycles. The van der Waals surface area contributed by atoms with E-state index in [0.29, 0.717) is 6.61 Å². The Hall–Kier alpha value is -3.86. The third-order valence-corrected chi connectivity index (χ3v) is 5.33. The van der Waals surface area contributed by atoms with Crippen LogP contribution in [0.2, 0.25) is 0 Å².